The van der Waals surface area contributed by atoms with Gasteiger partial charge in [-0.05, 0) is 19.4 Å². The molecule has 1 aliphatic carbocycles. The minimum Gasteiger partial charge on any atom is -0.344 e. The molecule has 7 nitrogen and oxygen atoms in total. The Hall–Kier alpha value is -1.41. The highest BCUT2D eigenvalue weighted by molar-refractivity contribution is 7.19. The van der Waals surface area contributed by atoms with Gasteiger partial charge in [0.15, 0.2) is 0 Å². The average Bonchev–Trinajstić information content (AvgIpc) is 3.35. The summed E-state index contributed by atoms with van der Waals surface area (Å²) in [4.78, 5) is 21.3. The number of nitrogens with zero attached hydrogens (tertiary/aromatic N) is 6. The lowest BCUT2D eigenvalue weighted by Gasteiger charge is -2.33. The first-order valence-corrected chi connectivity index (χ1v) is 9.97. The highest BCUT2D eigenvalue weighted by atomic mass is 32.1. The lowest BCUT2D eigenvalue weighted by atomic mass is 10.2. The molecule has 1 saturated carbocycles. The van der Waals surface area contributed by atoms with E-state index in [1.807, 2.05) is 9.80 Å². The number of piperazine rings is 1. The lowest BCUT2D eigenvalue weighted by Crippen LogP contribution is -2.46. The molecule has 2 aliphatic heterocycles. The number of hydrogen-bond donors (Lipinski definition) is 0. The van der Waals surface area contributed by atoms with Crippen LogP contribution in [0.4, 0.5) is 15.1 Å². The van der Waals surface area contributed by atoms with Crippen molar-refractivity contribution in [1.82, 2.24) is 20.0 Å². The van der Waals surface area contributed by atoms with Crippen LogP contribution in [0.25, 0.3) is 0 Å². The number of likely N-dealkylation sites (N-methyl/N-ethyl adjacent to an activating group) is 1. The number of urea groups is 1. The Labute approximate surface area is 147 Å². The molecule has 24 heavy (non-hydrogen) atoms. The standard InChI is InChI=1S/C16H26N6OS/c1-2-19-7-9-20(10-8-19)14-17-18-15(24-14)22-12-11-21(16(22)23)13-5-3-4-6-13/h13H,2-12H2,1H3. The SMILES string of the molecule is CCN1CCN(c2nnc(N3CCN(C4CCCC4)C3=O)s2)CC1. The van der Waals surface area contributed by atoms with E-state index in [0.29, 0.717) is 6.04 Å². The Bertz CT molecular complexity index is 579. The number of rotatable bonds is 4. The second-order valence-electron chi connectivity index (χ2n) is 6.85. The molecule has 1 aromatic rings. The summed E-state index contributed by atoms with van der Waals surface area (Å²) in [6.45, 7) is 9.01. The second-order valence-corrected chi connectivity index (χ2v) is 7.79. The number of hydrogen-bond acceptors (Lipinski definition) is 6. The van der Waals surface area contributed by atoms with Crippen molar-refractivity contribution in [3.63, 3.8) is 0 Å². The summed E-state index contributed by atoms with van der Waals surface area (Å²) in [5.41, 5.74) is 0. The van der Waals surface area contributed by atoms with Crippen LogP contribution in [0.5, 0.6) is 0 Å². The molecule has 0 spiro atoms. The molecule has 0 atom stereocenters. The first-order chi connectivity index (χ1) is 11.8. The zero-order valence-electron chi connectivity index (χ0n) is 14.4. The van der Waals surface area contributed by atoms with Crippen LogP contribution in [0.15, 0.2) is 0 Å². The normalized spacial score (nSPS) is 23.7. The number of anilines is 2. The molecule has 3 fully saturated rings. The largest absolute Gasteiger partial charge is 0.344 e. The van der Waals surface area contributed by atoms with Crippen molar-refractivity contribution < 1.29 is 4.79 Å². The molecule has 0 aromatic carbocycles. The van der Waals surface area contributed by atoms with E-state index in [1.54, 1.807) is 11.3 Å². The van der Waals surface area contributed by atoms with Gasteiger partial charge in [0.05, 0.1) is 0 Å². The van der Waals surface area contributed by atoms with Gasteiger partial charge in [0.25, 0.3) is 0 Å². The van der Waals surface area contributed by atoms with E-state index < -0.39 is 0 Å². The Kier molecular flexibility index (Phi) is 4.58. The van der Waals surface area contributed by atoms with Crippen LogP contribution in [-0.2, 0) is 0 Å². The second kappa shape index (κ2) is 6.84. The smallest absolute Gasteiger partial charge is 0.326 e. The molecule has 0 N–H and O–H groups in total. The third-order valence-electron chi connectivity index (χ3n) is 5.53. The van der Waals surface area contributed by atoms with Crippen LogP contribution < -0.4 is 9.80 Å². The van der Waals surface area contributed by atoms with E-state index in [4.69, 9.17) is 0 Å². The lowest BCUT2D eigenvalue weighted by molar-refractivity contribution is 0.201. The predicted molar refractivity (Wildman–Crippen MR) is 95.9 cm³/mol. The molecule has 0 radical (unpaired) electrons. The zero-order chi connectivity index (χ0) is 16.5. The monoisotopic (exact) mass is 350 g/mol. The van der Waals surface area contributed by atoms with Gasteiger partial charge in [-0.3, -0.25) is 4.90 Å². The van der Waals surface area contributed by atoms with Crippen LogP contribution in [0.2, 0.25) is 0 Å². The zero-order valence-corrected chi connectivity index (χ0v) is 15.2. The topological polar surface area (TPSA) is 55.8 Å². The van der Waals surface area contributed by atoms with Crippen LogP contribution in [0.1, 0.15) is 32.6 Å². The molecule has 132 valence electrons. The van der Waals surface area contributed by atoms with Gasteiger partial charge in [0.1, 0.15) is 0 Å². The molecule has 2 amide bonds. The maximum atomic E-state index is 12.7. The van der Waals surface area contributed by atoms with E-state index in [2.05, 4.69) is 26.9 Å². The number of amides is 2. The van der Waals surface area contributed by atoms with Crippen LogP contribution >= 0.6 is 11.3 Å². The number of aromatic nitrogens is 2. The van der Waals surface area contributed by atoms with Gasteiger partial charge in [-0.15, -0.1) is 10.2 Å². The Balaban J connectivity index is 1.41. The van der Waals surface area contributed by atoms with E-state index in [9.17, 15) is 4.79 Å². The van der Waals surface area contributed by atoms with Gasteiger partial charge in [0.2, 0.25) is 10.3 Å². The highest BCUT2D eigenvalue weighted by Gasteiger charge is 2.37. The molecular formula is C16H26N6OS. The fourth-order valence-electron chi connectivity index (χ4n) is 3.99. The van der Waals surface area contributed by atoms with Gasteiger partial charge in [-0.1, -0.05) is 31.1 Å². The highest BCUT2D eigenvalue weighted by Crippen LogP contribution is 2.32. The van der Waals surface area contributed by atoms with Crippen molar-refractivity contribution >= 4 is 27.6 Å². The van der Waals surface area contributed by atoms with Crippen LogP contribution in [0.3, 0.4) is 0 Å². The third-order valence-corrected chi connectivity index (χ3v) is 6.54. The number of carbonyl (C=O) groups is 1. The molecular weight excluding hydrogens is 324 g/mol. The number of carbonyl (C=O) groups excluding carboxylic acids is 1. The summed E-state index contributed by atoms with van der Waals surface area (Å²) in [5.74, 6) is 0. The first kappa shape index (κ1) is 16.1. The van der Waals surface area contributed by atoms with E-state index in [0.717, 1.165) is 68.9 Å². The summed E-state index contributed by atoms with van der Waals surface area (Å²) in [5, 5.41) is 10.4. The molecule has 2 saturated heterocycles. The van der Waals surface area contributed by atoms with Gasteiger partial charge >= 0.3 is 6.03 Å². The van der Waals surface area contributed by atoms with Crippen LogP contribution in [-0.4, -0.2) is 77.9 Å². The van der Waals surface area contributed by atoms with Crippen molar-refractivity contribution in [1.29, 1.82) is 0 Å². The Morgan fingerprint density at radius 1 is 1.00 bits per heavy atom. The van der Waals surface area contributed by atoms with Gasteiger partial charge in [0, 0.05) is 45.3 Å². The van der Waals surface area contributed by atoms with Crippen LogP contribution in [0, 0.1) is 0 Å². The first-order valence-electron chi connectivity index (χ1n) is 9.15. The Morgan fingerprint density at radius 2 is 1.71 bits per heavy atom. The maximum Gasteiger partial charge on any atom is 0.326 e. The molecule has 1 aromatic heterocycles. The summed E-state index contributed by atoms with van der Waals surface area (Å²) in [6.07, 6.45) is 4.81. The Morgan fingerprint density at radius 3 is 2.42 bits per heavy atom. The minimum absolute atomic E-state index is 0.125. The third kappa shape index (κ3) is 2.97. The summed E-state index contributed by atoms with van der Waals surface area (Å²) in [6, 6.07) is 0.567. The van der Waals surface area contributed by atoms with Gasteiger partial charge in [-0.25, -0.2) is 4.79 Å². The minimum atomic E-state index is 0.125. The maximum absolute atomic E-state index is 12.7. The molecule has 3 aliphatic rings. The molecule has 8 heteroatoms. The van der Waals surface area contributed by atoms with Crippen molar-refractivity contribution in [3.8, 4) is 0 Å². The fourth-order valence-corrected chi connectivity index (χ4v) is 4.90. The van der Waals surface area contributed by atoms with Gasteiger partial charge < -0.3 is 14.7 Å². The summed E-state index contributed by atoms with van der Waals surface area (Å²) in [7, 11) is 0. The molecule has 0 bridgehead atoms. The van der Waals surface area contributed by atoms with E-state index in [1.165, 1.54) is 12.8 Å². The average molecular weight is 350 g/mol. The quantitative estimate of drug-likeness (QED) is 0.830. The summed E-state index contributed by atoms with van der Waals surface area (Å²) < 4.78 is 0. The van der Waals surface area contributed by atoms with E-state index in [-0.39, 0.29) is 6.03 Å². The summed E-state index contributed by atoms with van der Waals surface area (Å²) >= 11 is 1.56. The molecule has 4 rings (SSSR count). The van der Waals surface area contributed by atoms with Gasteiger partial charge in [-0.2, -0.15) is 0 Å². The molecule has 3 heterocycles. The van der Waals surface area contributed by atoms with Crippen molar-refractivity contribution in [2.45, 2.75) is 38.6 Å². The van der Waals surface area contributed by atoms with Crippen molar-refractivity contribution in [3.05, 3.63) is 0 Å². The van der Waals surface area contributed by atoms with E-state index >= 15 is 0 Å². The fraction of sp³-hybridized carbons (Fsp3) is 0.812. The van der Waals surface area contributed by atoms with Crippen molar-refractivity contribution in [2.75, 3.05) is 55.6 Å². The predicted octanol–water partition coefficient (Wildman–Crippen LogP) is 1.86. The molecule has 0 unspecified atom stereocenters. The van der Waals surface area contributed by atoms with Crippen molar-refractivity contribution in [2.24, 2.45) is 0 Å².